The Balaban J connectivity index is 1.83. The van der Waals surface area contributed by atoms with E-state index in [1.165, 1.54) is 4.90 Å². The highest BCUT2D eigenvalue weighted by Gasteiger charge is 2.69. The number of nitrogens with zero attached hydrogens (tertiary/aromatic N) is 2. The molecule has 13 heteroatoms. The van der Waals surface area contributed by atoms with E-state index >= 15 is 0 Å². The van der Waals surface area contributed by atoms with Crippen molar-refractivity contribution in [2.45, 2.75) is 44.1 Å². The van der Waals surface area contributed by atoms with E-state index in [2.05, 4.69) is 5.32 Å². The second-order valence-corrected chi connectivity index (χ2v) is 11.2. The van der Waals surface area contributed by atoms with Gasteiger partial charge in [-0.25, -0.2) is 4.79 Å². The van der Waals surface area contributed by atoms with Crippen LogP contribution in [0.5, 0.6) is 5.75 Å². The maximum absolute atomic E-state index is 14.0. The molecule has 2 fully saturated rings. The topological polar surface area (TPSA) is 200 Å². The summed E-state index contributed by atoms with van der Waals surface area (Å²) in [6, 6.07) is 0.669. The molecule has 3 unspecified atom stereocenters. The van der Waals surface area contributed by atoms with Gasteiger partial charge in [0, 0.05) is 43.9 Å². The SMILES string of the molecule is CCOC(=O)NCc1cc(N(C)C)c2c(c1O)C(=O)C1C(=O)[C@@]3(O)C(=O)C(C(N)=O)C(O)[C@H](N(C)C)[C@H]3C[C@H]1C2. The highest BCUT2D eigenvalue weighted by Crippen LogP contribution is 2.52. The van der Waals surface area contributed by atoms with E-state index in [4.69, 9.17) is 10.5 Å². The number of primary amides is 1. The van der Waals surface area contributed by atoms with E-state index in [0.29, 0.717) is 11.3 Å². The Morgan fingerprint density at radius 1 is 1.18 bits per heavy atom. The lowest BCUT2D eigenvalue weighted by Gasteiger charge is -2.55. The smallest absolute Gasteiger partial charge is 0.407 e. The number of aliphatic hydroxyl groups excluding tert-OH is 1. The number of ether oxygens (including phenoxy) is 1. The van der Waals surface area contributed by atoms with Crippen molar-refractivity contribution >= 4 is 35.0 Å². The summed E-state index contributed by atoms with van der Waals surface area (Å²) in [6.07, 6.45) is -2.09. The molecule has 3 aliphatic carbocycles. The molecular weight excluding hydrogens is 524 g/mol. The summed E-state index contributed by atoms with van der Waals surface area (Å²) in [5.74, 6) is -9.72. The highest BCUT2D eigenvalue weighted by atomic mass is 16.5. The van der Waals surface area contributed by atoms with Crippen LogP contribution in [0.15, 0.2) is 6.07 Å². The fraction of sp³-hybridized carbons (Fsp3) is 0.593. The van der Waals surface area contributed by atoms with Crippen LogP contribution in [0.4, 0.5) is 10.5 Å². The lowest BCUT2D eigenvalue weighted by molar-refractivity contribution is -0.190. The summed E-state index contributed by atoms with van der Waals surface area (Å²) in [5, 5.41) is 36.4. The Labute approximate surface area is 231 Å². The van der Waals surface area contributed by atoms with Crippen LogP contribution in [-0.4, -0.2) is 102 Å². The molecule has 2 amide bonds. The quantitative estimate of drug-likeness (QED) is 0.267. The van der Waals surface area contributed by atoms with E-state index in [0.717, 1.165) is 0 Å². The van der Waals surface area contributed by atoms with Crippen LogP contribution < -0.4 is 16.0 Å². The summed E-state index contributed by atoms with van der Waals surface area (Å²) in [4.78, 5) is 68.7. The van der Waals surface area contributed by atoms with Gasteiger partial charge < -0.3 is 40.9 Å². The van der Waals surface area contributed by atoms with Crippen molar-refractivity contribution < 1.29 is 44.0 Å². The van der Waals surface area contributed by atoms with Gasteiger partial charge in [-0.2, -0.15) is 0 Å². The number of phenolic OH excluding ortho intramolecular Hbond substituents is 1. The van der Waals surface area contributed by atoms with Gasteiger partial charge in [-0.05, 0) is 51.4 Å². The Morgan fingerprint density at radius 2 is 1.82 bits per heavy atom. The number of hydrogen-bond acceptors (Lipinski definition) is 11. The fourth-order valence-electron chi connectivity index (χ4n) is 6.81. The number of nitrogens with one attached hydrogen (secondary N) is 1. The summed E-state index contributed by atoms with van der Waals surface area (Å²) < 4.78 is 4.86. The van der Waals surface area contributed by atoms with Crippen molar-refractivity contribution in [2.24, 2.45) is 29.4 Å². The van der Waals surface area contributed by atoms with Crippen LogP contribution in [0.2, 0.25) is 0 Å². The average molecular weight is 561 g/mol. The number of nitrogens with two attached hydrogens (primary N) is 1. The Hall–Kier alpha value is -3.55. The van der Waals surface area contributed by atoms with Crippen molar-refractivity contribution in [1.29, 1.82) is 0 Å². The summed E-state index contributed by atoms with van der Waals surface area (Å²) in [7, 11) is 6.68. The number of carbonyl (C=O) groups is 5. The van der Waals surface area contributed by atoms with Crippen LogP contribution in [-0.2, 0) is 32.1 Å². The third-order valence-electron chi connectivity index (χ3n) is 8.53. The molecule has 0 radical (unpaired) electrons. The van der Waals surface area contributed by atoms with Gasteiger partial charge in [-0.15, -0.1) is 0 Å². The van der Waals surface area contributed by atoms with Gasteiger partial charge in [0.1, 0.15) is 11.7 Å². The maximum Gasteiger partial charge on any atom is 0.407 e. The third-order valence-corrected chi connectivity index (χ3v) is 8.53. The van der Waals surface area contributed by atoms with Gasteiger partial charge in [0.2, 0.25) is 5.91 Å². The number of anilines is 1. The molecule has 0 aromatic heterocycles. The summed E-state index contributed by atoms with van der Waals surface area (Å²) in [5.41, 5.74) is 3.84. The normalized spacial score (nSPS) is 31.2. The zero-order chi connectivity index (χ0) is 29.8. The molecule has 2 saturated carbocycles. The first kappa shape index (κ1) is 29.4. The van der Waals surface area contributed by atoms with Gasteiger partial charge in [0.05, 0.1) is 24.2 Å². The number of amides is 2. The van der Waals surface area contributed by atoms with Crippen molar-refractivity contribution in [3.63, 3.8) is 0 Å². The second-order valence-electron chi connectivity index (χ2n) is 11.2. The number of carbonyl (C=O) groups excluding carboxylic acids is 5. The van der Waals surface area contributed by atoms with E-state index in [1.807, 2.05) is 0 Å². The molecule has 13 nitrogen and oxygen atoms in total. The average Bonchev–Trinajstić information content (AvgIpc) is 2.85. The van der Waals surface area contributed by atoms with Crippen molar-refractivity contribution in [3.8, 4) is 5.75 Å². The van der Waals surface area contributed by atoms with E-state index < -0.39 is 76.5 Å². The molecule has 0 saturated heterocycles. The molecule has 0 aliphatic heterocycles. The molecule has 1 aromatic rings. The second kappa shape index (κ2) is 10.5. The third kappa shape index (κ3) is 4.32. The molecule has 0 spiro atoms. The van der Waals surface area contributed by atoms with Gasteiger partial charge in [-0.3, -0.25) is 19.2 Å². The van der Waals surface area contributed by atoms with Crippen molar-refractivity contribution in [1.82, 2.24) is 10.2 Å². The monoisotopic (exact) mass is 560 g/mol. The number of ketones is 3. The predicted octanol–water partition coefficient (Wildman–Crippen LogP) is -1.03. The number of phenols is 1. The molecule has 7 atom stereocenters. The van der Waals surface area contributed by atoms with Crippen LogP contribution in [0.3, 0.4) is 0 Å². The number of benzene rings is 1. The van der Waals surface area contributed by atoms with E-state index in [-0.39, 0.29) is 37.1 Å². The summed E-state index contributed by atoms with van der Waals surface area (Å²) in [6.45, 7) is 1.61. The van der Waals surface area contributed by atoms with Crippen LogP contribution in [0.1, 0.15) is 34.8 Å². The molecular formula is C27H36N4O9. The predicted molar refractivity (Wildman–Crippen MR) is 141 cm³/mol. The number of rotatable bonds is 6. The van der Waals surface area contributed by atoms with Crippen LogP contribution >= 0.6 is 0 Å². The minimum Gasteiger partial charge on any atom is -0.507 e. The molecule has 3 aliphatic rings. The number of likely N-dealkylation sites (N-methyl/N-ethyl adjacent to an activating group) is 1. The molecule has 1 aromatic carbocycles. The molecule has 40 heavy (non-hydrogen) atoms. The highest BCUT2D eigenvalue weighted by molar-refractivity contribution is 6.25. The standard InChI is InChI=1S/C27H36N4O9/c1-6-40-26(38)29-10-12-9-15(30(2)3)13-7-11-8-14-19(31(4)5)22(34)18(25(28)37)24(36)27(14,39)23(35)16(11)21(33)17(13)20(12)32/h9,11,14,16,18-19,22,32,34,39H,6-8,10H2,1-5H3,(H2,28,37)(H,29,38)/t11-,14-,16?,18?,19-,22?,27-/m1/s1. The van der Waals surface area contributed by atoms with Crippen LogP contribution in [0, 0.1) is 23.7 Å². The number of Topliss-reactive ketones (excluding diaryl/α,β-unsaturated/α-hetero) is 3. The minimum absolute atomic E-state index is 0.0228. The first-order valence-electron chi connectivity index (χ1n) is 13.1. The maximum atomic E-state index is 14.0. The molecule has 218 valence electrons. The van der Waals surface area contributed by atoms with Gasteiger partial charge >= 0.3 is 6.09 Å². The molecule has 0 heterocycles. The number of alkyl carbamates (subject to hydrolysis) is 1. The Bertz CT molecular complexity index is 1280. The first-order chi connectivity index (χ1) is 18.7. The molecule has 4 rings (SSSR count). The Morgan fingerprint density at radius 3 is 2.38 bits per heavy atom. The van der Waals surface area contributed by atoms with Gasteiger partial charge in [0.15, 0.2) is 23.0 Å². The van der Waals surface area contributed by atoms with E-state index in [1.54, 1.807) is 46.1 Å². The van der Waals surface area contributed by atoms with Crippen molar-refractivity contribution in [3.05, 3.63) is 22.8 Å². The van der Waals surface area contributed by atoms with Gasteiger partial charge in [0.25, 0.3) is 0 Å². The lowest BCUT2D eigenvalue weighted by Crippen LogP contribution is -2.75. The minimum atomic E-state index is -2.73. The zero-order valence-corrected chi connectivity index (χ0v) is 23.1. The number of hydrogen-bond donors (Lipinski definition) is 5. The number of aromatic hydroxyl groups is 1. The lowest BCUT2D eigenvalue weighted by atomic mass is 9.52. The number of fused-ring (bicyclic) bond motifs is 3. The largest absolute Gasteiger partial charge is 0.507 e. The van der Waals surface area contributed by atoms with Crippen molar-refractivity contribution in [2.75, 3.05) is 39.7 Å². The zero-order valence-electron chi connectivity index (χ0n) is 23.1. The molecule has 0 bridgehead atoms. The molecule has 6 N–H and O–H groups in total. The van der Waals surface area contributed by atoms with Crippen LogP contribution in [0.25, 0.3) is 0 Å². The van der Waals surface area contributed by atoms with Gasteiger partial charge in [-0.1, -0.05) is 0 Å². The Kier molecular flexibility index (Phi) is 7.69. The number of aliphatic hydroxyl groups is 2. The summed E-state index contributed by atoms with van der Waals surface area (Å²) >= 11 is 0. The van der Waals surface area contributed by atoms with E-state index in [9.17, 15) is 39.3 Å². The first-order valence-corrected chi connectivity index (χ1v) is 13.1. The fourth-order valence-corrected chi connectivity index (χ4v) is 6.81.